The van der Waals surface area contributed by atoms with Gasteiger partial charge in [0.25, 0.3) is 0 Å². The van der Waals surface area contributed by atoms with Crippen LogP contribution in [0.3, 0.4) is 0 Å². The van der Waals surface area contributed by atoms with E-state index in [1.54, 1.807) is 6.20 Å². The zero-order valence-electron chi connectivity index (χ0n) is 10.9. The van der Waals surface area contributed by atoms with Crippen LogP contribution in [0.2, 0.25) is 0 Å². The molecule has 2 aromatic heterocycles. The van der Waals surface area contributed by atoms with Crippen molar-refractivity contribution in [3.63, 3.8) is 0 Å². The molecule has 0 aromatic carbocycles. The van der Waals surface area contributed by atoms with Crippen molar-refractivity contribution in [2.24, 2.45) is 7.05 Å². The predicted octanol–water partition coefficient (Wildman–Crippen LogP) is 1.07. The Bertz CT molecular complexity index is 488. The van der Waals surface area contributed by atoms with Gasteiger partial charge in [0.15, 0.2) is 0 Å². The van der Waals surface area contributed by atoms with E-state index in [4.69, 9.17) is 5.73 Å². The van der Waals surface area contributed by atoms with Gasteiger partial charge in [-0.25, -0.2) is 4.98 Å². The summed E-state index contributed by atoms with van der Waals surface area (Å²) in [4.78, 5) is 10.8. The number of aryl methyl sites for hydroxylation is 1. The zero-order valence-corrected chi connectivity index (χ0v) is 10.9. The Hall–Kier alpha value is -1.88. The van der Waals surface area contributed by atoms with Crippen molar-refractivity contribution in [2.45, 2.75) is 13.0 Å². The number of likely N-dealkylation sites (N-methyl/N-ethyl adjacent to an activating group) is 1. The van der Waals surface area contributed by atoms with Gasteiger partial charge in [0.05, 0.1) is 18.4 Å². The predicted molar refractivity (Wildman–Crippen MR) is 71.9 cm³/mol. The highest BCUT2D eigenvalue weighted by molar-refractivity contribution is 5.34. The average Bonchev–Trinajstić information content (AvgIpc) is 2.74. The highest BCUT2D eigenvalue weighted by Crippen LogP contribution is 2.04. The summed E-state index contributed by atoms with van der Waals surface area (Å²) in [6.45, 7) is 1.79. The van der Waals surface area contributed by atoms with Crippen molar-refractivity contribution in [1.29, 1.82) is 0 Å². The molecule has 2 heterocycles. The minimum Gasteiger partial charge on any atom is -0.397 e. The highest BCUT2D eigenvalue weighted by atomic mass is 15.1. The summed E-state index contributed by atoms with van der Waals surface area (Å²) >= 11 is 0. The van der Waals surface area contributed by atoms with Crippen LogP contribution in [-0.4, -0.2) is 33.0 Å². The van der Waals surface area contributed by atoms with Crippen LogP contribution >= 0.6 is 0 Å². The lowest BCUT2D eigenvalue weighted by Gasteiger charge is -2.15. The third-order valence-corrected chi connectivity index (χ3v) is 2.93. The molecular weight excluding hydrogens is 226 g/mol. The van der Waals surface area contributed by atoms with Crippen LogP contribution in [0.25, 0.3) is 0 Å². The lowest BCUT2D eigenvalue weighted by Crippen LogP contribution is -2.22. The first-order valence-corrected chi connectivity index (χ1v) is 6.00. The monoisotopic (exact) mass is 245 g/mol. The van der Waals surface area contributed by atoms with Gasteiger partial charge in [-0.2, -0.15) is 0 Å². The molecule has 0 fully saturated rings. The number of aromatic nitrogens is 3. The first-order valence-electron chi connectivity index (χ1n) is 6.00. The first kappa shape index (κ1) is 12.6. The second kappa shape index (κ2) is 5.64. The molecule has 0 saturated carbocycles. The molecule has 0 amide bonds. The van der Waals surface area contributed by atoms with E-state index in [2.05, 4.69) is 21.9 Å². The molecule has 2 aromatic rings. The van der Waals surface area contributed by atoms with E-state index in [1.165, 1.54) is 0 Å². The fraction of sp³-hybridized carbons (Fsp3) is 0.385. The van der Waals surface area contributed by atoms with E-state index >= 15 is 0 Å². The number of rotatable bonds is 5. The van der Waals surface area contributed by atoms with Crippen molar-refractivity contribution < 1.29 is 0 Å². The molecule has 0 saturated heterocycles. The molecule has 0 unspecified atom stereocenters. The number of anilines is 1. The van der Waals surface area contributed by atoms with Crippen LogP contribution in [0.15, 0.2) is 30.7 Å². The molecule has 5 heteroatoms. The molecule has 0 aliphatic heterocycles. The van der Waals surface area contributed by atoms with E-state index in [0.717, 1.165) is 31.0 Å². The lowest BCUT2D eigenvalue weighted by molar-refractivity contribution is 0.318. The van der Waals surface area contributed by atoms with Crippen LogP contribution in [0.4, 0.5) is 5.69 Å². The molecule has 96 valence electrons. The number of hydrogen-bond acceptors (Lipinski definition) is 4. The zero-order chi connectivity index (χ0) is 13.0. The number of nitrogen functional groups attached to an aromatic ring is 1. The van der Waals surface area contributed by atoms with Gasteiger partial charge in [-0.15, -0.1) is 0 Å². The minimum absolute atomic E-state index is 0.708. The van der Waals surface area contributed by atoms with Crippen molar-refractivity contribution >= 4 is 5.69 Å². The largest absolute Gasteiger partial charge is 0.397 e. The van der Waals surface area contributed by atoms with Crippen LogP contribution in [0.5, 0.6) is 0 Å². The Balaban J connectivity index is 1.83. The summed E-state index contributed by atoms with van der Waals surface area (Å²) < 4.78 is 2.04. The summed E-state index contributed by atoms with van der Waals surface area (Å²) in [5.41, 5.74) is 7.38. The van der Waals surface area contributed by atoms with Crippen molar-refractivity contribution in [3.05, 3.63) is 42.2 Å². The molecule has 5 nitrogen and oxygen atoms in total. The van der Waals surface area contributed by atoms with Gasteiger partial charge in [0.1, 0.15) is 5.82 Å². The number of hydrogen-bond donors (Lipinski definition) is 1. The fourth-order valence-electron chi connectivity index (χ4n) is 1.76. The van der Waals surface area contributed by atoms with E-state index in [1.807, 2.05) is 36.1 Å². The number of imidazole rings is 1. The Labute approximate surface area is 107 Å². The summed E-state index contributed by atoms with van der Waals surface area (Å²) in [5.74, 6) is 1.07. The van der Waals surface area contributed by atoms with E-state index < -0.39 is 0 Å². The summed E-state index contributed by atoms with van der Waals surface area (Å²) in [6, 6.07) is 3.87. The second-order valence-electron chi connectivity index (χ2n) is 4.53. The Morgan fingerprint density at radius 2 is 2.17 bits per heavy atom. The van der Waals surface area contributed by atoms with Gasteiger partial charge < -0.3 is 10.3 Å². The molecule has 0 atom stereocenters. The van der Waals surface area contributed by atoms with Gasteiger partial charge >= 0.3 is 0 Å². The molecule has 0 radical (unpaired) electrons. The van der Waals surface area contributed by atoms with Gasteiger partial charge in [-0.1, -0.05) is 0 Å². The Kier molecular flexibility index (Phi) is 3.94. The molecular formula is C13H19N5. The number of nitrogens with zero attached hydrogens (tertiary/aromatic N) is 4. The molecule has 2 rings (SSSR count). The quantitative estimate of drug-likeness (QED) is 0.856. The summed E-state index contributed by atoms with van der Waals surface area (Å²) in [7, 11) is 4.10. The van der Waals surface area contributed by atoms with Crippen LogP contribution < -0.4 is 5.73 Å². The van der Waals surface area contributed by atoms with Crippen molar-refractivity contribution in [2.75, 3.05) is 19.3 Å². The molecule has 0 aliphatic carbocycles. The third-order valence-electron chi connectivity index (χ3n) is 2.93. The van der Waals surface area contributed by atoms with Crippen molar-refractivity contribution in [1.82, 2.24) is 19.4 Å². The van der Waals surface area contributed by atoms with E-state index in [-0.39, 0.29) is 0 Å². The number of nitrogens with two attached hydrogens (primary N) is 1. The van der Waals surface area contributed by atoms with E-state index in [0.29, 0.717) is 5.69 Å². The summed E-state index contributed by atoms with van der Waals surface area (Å²) in [6.07, 6.45) is 6.41. The first-order chi connectivity index (χ1) is 8.65. The maximum atomic E-state index is 5.61. The topological polar surface area (TPSA) is 60.0 Å². The van der Waals surface area contributed by atoms with Crippen LogP contribution in [-0.2, 0) is 20.0 Å². The minimum atomic E-state index is 0.708. The maximum Gasteiger partial charge on any atom is 0.122 e. The van der Waals surface area contributed by atoms with Gasteiger partial charge in [-0.05, 0) is 19.2 Å². The van der Waals surface area contributed by atoms with Crippen LogP contribution in [0, 0.1) is 0 Å². The highest BCUT2D eigenvalue weighted by Gasteiger charge is 2.05. The van der Waals surface area contributed by atoms with Crippen LogP contribution in [0.1, 0.15) is 11.5 Å². The third kappa shape index (κ3) is 3.30. The van der Waals surface area contributed by atoms with Gasteiger partial charge in [0.2, 0.25) is 0 Å². The van der Waals surface area contributed by atoms with Gasteiger partial charge in [-0.3, -0.25) is 9.88 Å². The normalized spacial score (nSPS) is 11.1. The molecule has 18 heavy (non-hydrogen) atoms. The summed E-state index contributed by atoms with van der Waals surface area (Å²) in [5, 5.41) is 0. The Morgan fingerprint density at radius 3 is 2.78 bits per heavy atom. The molecule has 0 aliphatic rings. The second-order valence-corrected chi connectivity index (χ2v) is 4.53. The Morgan fingerprint density at radius 1 is 1.33 bits per heavy atom. The average molecular weight is 245 g/mol. The smallest absolute Gasteiger partial charge is 0.122 e. The SMILES string of the molecule is CN(CCc1ccc(N)cn1)Cc1nccn1C. The molecule has 0 spiro atoms. The van der Waals surface area contributed by atoms with E-state index in [9.17, 15) is 0 Å². The number of pyridine rings is 1. The van der Waals surface area contributed by atoms with Gasteiger partial charge in [0, 0.05) is 38.1 Å². The van der Waals surface area contributed by atoms with Crippen molar-refractivity contribution in [3.8, 4) is 0 Å². The maximum absolute atomic E-state index is 5.61. The lowest BCUT2D eigenvalue weighted by atomic mass is 10.2. The fourth-order valence-corrected chi connectivity index (χ4v) is 1.76. The molecule has 2 N–H and O–H groups in total. The molecule has 0 bridgehead atoms. The standard InChI is InChI=1S/C13H19N5/c1-17(10-13-15-6-8-18(13)2)7-5-12-4-3-11(14)9-16-12/h3-4,6,8-9H,5,7,10,14H2,1-2H3.